The summed E-state index contributed by atoms with van der Waals surface area (Å²) < 4.78 is 26.2. The number of likely N-dealkylation sites (N-methyl/N-ethyl adjacent to an activating group) is 1. The van der Waals surface area contributed by atoms with Gasteiger partial charge in [0.05, 0.1) is 6.61 Å². The Kier molecular flexibility index (Phi) is 6.73. The van der Waals surface area contributed by atoms with Gasteiger partial charge in [-0.1, -0.05) is 30.3 Å². The van der Waals surface area contributed by atoms with Crippen LogP contribution in [-0.2, 0) is 26.4 Å². The van der Waals surface area contributed by atoms with Crippen molar-refractivity contribution in [3.8, 4) is 0 Å². The smallest absolute Gasteiger partial charge is 0.414 e. The number of ether oxygens (including phenoxy) is 2. The van der Waals surface area contributed by atoms with E-state index in [0.29, 0.717) is 5.69 Å². The summed E-state index contributed by atoms with van der Waals surface area (Å²) in [4.78, 5) is 31.5. The first kappa shape index (κ1) is 24.2. The summed E-state index contributed by atoms with van der Waals surface area (Å²) in [7, 11) is 1.45. The second kappa shape index (κ2) is 9.19. The molecule has 0 fully saturated rings. The van der Waals surface area contributed by atoms with Gasteiger partial charge in [-0.2, -0.15) is 0 Å². The number of nitrogens with zero attached hydrogens (tertiary/aromatic N) is 2. The lowest BCUT2D eigenvalue weighted by molar-refractivity contribution is -0.146. The number of benzene rings is 2. The topological polar surface area (TPSA) is 106 Å². The number of hydrogen-bond acceptors (Lipinski definition) is 6. The molecule has 176 valence electrons. The molecule has 0 aliphatic carbocycles. The first-order valence-electron chi connectivity index (χ1n) is 10.5. The minimum absolute atomic E-state index is 0.0745. The summed E-state index contributed by atoms with van der Waals surface area (Å²) in [6.45, 7) is 6.81. The number of carbonyl (C=O) groups is 2. The zero-order valence-electron chi connectivity index (χ0n) is 19.4. The van der Waals surface area contributed by atoms with Crippen molar-refractivity contribution in [2.45, 2.75) is 51.5 Å². The summed E-state index contributed by atoms with van der Waals surface area (Å²) in [5.41, 5.74) is 4.86. The predicted molar refractivity (Wildman–Crippen MR) is 123 cm³/mol. The largest absolute Gasteiger partial charge is 0.444 e. The zero-order valence-corrected chi connectivity index (χ0v) is 19.4. The fourth-order valence-corrected chi connectivity index (χ4v) is 3.50. The molecule has 0 radical (unpaired) electrons. The van der Waals surface area contributed by atoms with Crippen LogP contribution in [0, 0.1) is 5.82 Å². The second-order valence-electron chi connectivity index (χ2n) is 9.02. The summed E-state index contributed by atoms with van der Waals surface area (Å²) >= 11 is 0. The minimum Gasteiger partial charge on any atom is -0.444 e. The van der Waals surface area contributed by atoms with Crippen LogP contribution >= 0.6 is 0 Å². The first-order valence-corrected chi connectivity index (χ1v) is 10.5. The molecule has 9 heteroatoms. The maximum Gasteiger partial charge on any atom is 0.414 e. The molecule has 2 atom stereocenters. The van der Waals surface area contributed by atoms with Gasteiger partial charge in [0.25, 0.3) is 5.91 Å². The molecule has 0 saturated heterocycles. The van der Waals surface area contributed by atoms with Crippen molar-refractivity contribution in [3.05, 3.63) is 65.5 Å². The van der Waals surface area contributed by atoms with E-state index in [1.54, 1.807) is 27.7 Å². The number of guanidine groups is 1. The Morgan fingerprint density at radius 2 is 1.91 bits per heavy atom. The third kappa shape index (κ3) is 5.48. The van der Waals surface area contributed by atoms with E-state index in [-0.39, 0.29) is 18.1 Å². The Labute approximate surface area is 192 Å². The zero-order chi connectivity index (χ0) is 24.4. The van der Waals surface area contributed by atoms with Gasteiger partial charge in [0.2, 0.25) is 5.96 Å². The van der Waals surface area contributed by atoms with E-state index >= 15 is 0 Å². The third-order valence-corrected chi connectivity index (χ3v) is 5.13. The highest BCUT2D eigenvalue weighted by molar-refractivity contribution is 6.06. The number of carbonyl (C=O) groups excluding carboxylic acids is 2. The molecule has 3 N–H and O–H groups in total. The predicted octanol–water partition coefficient (Wildman–Crippen LogP) is 3.56. The molecule has 2 aromatic rings. The number of alkyl carbamates (subject to hydrolysis) is 1. The molecule has 8 nitrogen and oxygen atoms in total. The summed E-state index contributed by atoms with van der Waals surface area (Å²) in [6.07, 6.45) is -1.97. The maximum atomic E-state index is 15.0. The van der Waals surface area contributed by atoms with E-state index in [1.807, 2.05) is 30.3 Å². The molecule has 3 rings (SSSR count). The normalized spacial score (nSPS) is 20.9. The van der Waals surface area contributed by atoms with Gasteiger partial charge in [-0.15, -0.1) is 0 Å². The number of anilines is 1. The van der Waals surface area contributed by atoms with Crippen molar-refractivity contribution in [2.24, 2.45) is 4.99 Å². The van der Waals surface area contributed by atoms with Crippen LogP contribution < -0.4 is 11.1 Å². The van der Waals surface area contributed by atoms with Crippen molar-refractivity contribution in [1.29, 1.82) is 0 Å². The minimum atomic E-state index is -1.51. The van der Waals surface area contributed by atoms with E-state index in [9.17, 15) is 14.0 Å². The van der Waals surface area contributed by atoms with E-state index < -0.39 is 35.1 Å². The van der Waals surface area contributed by atoms with Gasteiger partial charge >= 0.3 is 6.09 Å². The standard InChI is InChI=1S/C24H29FN4O4/c1-23(2,3)33-22(31)27-21-28-24(4,17-13-16(26)11-12-18(17)25)19(20(30)29(21)5)32-14-15-9-7-6-8-10-15/h6-13,19H,14,26H2,1-5H3,(H,27,28,31). The second-order valence-corrected chi connectivity index (χ2v) is 9.02. The Bertz CT molecular complexity index is 1070. The molecular weight excluding hydrogens is 427 g/mol. The van der Waals surface area contributed by atoms with Gasteiger partial charge in [-0.05, 0) is 51.5 Å². The molecule has 33 heavy (non-hydrogen) atoms. The lowest BCUT2D eigenvalue weighted by atomic mass is 9.84. The summed E-state index contributed by atoms with van der Waals surface area (Å²) in [6, 6.07) is 13.3. The van der Waals surface area contributed by atoms with Crippen LogP contribution in [0.1, 0.15) is 38.8 Å². The quantitative estimate of drug-likeness (QED) is 0.685. The molecule has 2 amide bonds. The lowest BCUT2D eigenvalue weighted by Crippen LogP contribution is -2.60. The van der Waals surface area contributed by atoms with Gasteiger partial charge in [0, 0.05) is 18.3 Å². The average molecular weight is 457 g/mol. The average Bonchev–Trinajstić information content (AvgIpc) is 2.73. The van der Waals surface area contributed by atoms with Crippen molar-refractivity contribution in [2.75, 3.05) is 12.8 Å². The molecule has 1 aliphatic heterocycles. The number of nitrogens with two attached hydrogens (primary N) is 1. The van der Waals surface area contributed by atoms with Crippen molar-refractivity contribution in [1.82, 2.24) is 10.2 Å². The third-order valence-electron chi connectivity index (χ3n) is 5.13. The van der Waals surface area contributed by atoms with Crippen molar-refractivity contribution >= 4 is 23.6 Å². The van der Waals surface area contributed by atoms with Gasteiger partial charge in [-0.25, -0.2) is 14.2 Å². The number of aliphatic imine (C=N–C) groups is 1. The number of halogens is 1. The summed E-state index contributed by atoms with van der Waals surface area (Å²) in [5.74, 6) is -1.19. The molecule has 1 heterocycles. The Morgan fingerprint density at radius 1 is 1.24 bits per heavy atom. The monoisotopic (exact) mass is 456 g/mol. The van der Waals surface area contributed by atoms with Crippen LogP contribution in [0.2, 0.25) is 0 Å². The van der Waals surface area contributed by atoms with Crippen LogP contribution in [0.5, 0.6) is 0 Å². The van der Waals surface area contributed by atoms with Crippen molar-refractivity contribution < 1.29 is 23.5 Å². The van der Waals surface area contributed by atoms with Crippen LogP contribution in [0.4, 0.5) is 14.9 Å². The highest BCUT2D eigenvalue weighted by Gasteiger charge is 2.49. The first-order chi connectivity index (χ1) is 15.4. The number of amides is 2. The van der Waals surface area contributed by atoms with Gasteiger partial charge in [0.15, 0.2) is 6.10 Å². The SMILES string of the molecule is CN1C(=O)C(OCc2ccccc2)C(C)(c2cc(N)ccc2F)N=C1NC(=O)OC(C)(C)C. The Balaban J connectivity index is 2.03. The van der Waals surface area contributed by atoms with Crippen LogP contribution in [0.25, 0.3) is 0 Å². The Morgan fingerprint density at radius 3 is 2.55 bits per heavy atom. The summed E-state index contributed by atoms with van der Waals surface area (Å²) in [5, 5.41) is 2.49. The molecule has 0 spiro atoms. The maximum absolute atomic E-state index is 15.0. The van der Waals surface area contributed by atoms with Gasteiger partial charge < -0.3 is 15.2 Å². The van der Waals surface area contributed by atoms with E-state index in [4.69, 9.17) is 15.2 Å². The fraction of sp³-hybridized carbons (Fsp3) is 0.375. The highest BCUT2D eigenvalue weighted by atomic mass is 19.1. The highest BCUT2D eigenvalue weighted by Crippen LogP contribution is 2.38. The lowest BCUT2D eigenvalue weighted by Gasteiger charge is -2.41. The van der Waals surface area contributed by atoms with Gasteiger partial charge in [0.1, 0.15) is 17.0 Å². The van der Waals surface area contributed by atoms with Crippen LogP contribution in [0.3, 0.4) is 0 Å². The molecule has 0 aromatic heterocycles. The van der Waals surface area contributed by atoms with E-state index in [2.05, 4.69) is 10.3 Å². The number of nitrogens with one attached hydrogen (secondary N) is 1. The Hall–Kier alpha value is -3.46. The van der Waals surface area contributed by atoms with Crippen LogP contribution in [0.15, 0.2) is 53.5 Å². The van der Waals surface area contributed by atoms with Crippen molar-refractivity contribution in [3.63, 3.8) is 0 Å². The number of rotatable bonds is 4. The number of hydrogen-bond donors (Lipinski definition) is 2. The molecule has 0 saturated carbocycles. The molecule has 1 aliphatic rings. The number of nitrogen functional groups attached to an aromatic ring is 1. The molecular formula is C24H29FN4O4. The van der Waals surface area contributed by atoms with Gasteiger partial charge in [-0.3, -0.25) is 15.0 Å². The van der Waals surface area contributed by atoms with Crippen LogP contribution in [-0.4, -0.2) is 41.6 Å². The fourth-order valence-electron chi connectivity index (χ4n) is 3.50. The molecule has 0 bridgehead atoms. The molecule has 2 aromatic carbocycles. The molecule has 2 unspecified atom stereocenters. The van der Waals surface area contributed by atoms with E-state index in [0.717, 1.165) is 10.5 Å². The van der Waals surface area contributed by atoms with E-state index in [1.165, 1.54) is 25.2 Å².